The summed E-state index contributed by atoms with van der Waals surface area (Å²) in [6, 6.07) is 12.0. The van der Waals surface area contributed by atoms with Crippen LogP contribution < -0.4 is 16.0 Å². The number of carbonyl (C=O) groups is 2. The standard InChI is InChI=1S/C20H20F3N3O2/c21-20(22,23)14-6-8-16(9-7-14)25-19(28)26-17(18(27)24-15-10-11-15)12-13-4-2-1-3-5-13/h1-9,15,17H,10-12H2,(H,24,27)(H2,25,26,28). The van der Waals surface area contributed by atoms with Crippen molar-refractivity contribution in [1.29, 1.82) is 0 Å². The predicted octanol–water partition coefficient (Wildman–Crippen LogP) is 3.72. The van der Waals surface area contributed by atoms with Crippen molar-refractivity contribution in [1.82, 2.24) is 10.6 Å². The van der Waals surface area contributed by atoms with E-state index in [0.29, 0.717) is 6.42 Å². The maximum absolute atomic E-state index is 12.6. The first-order valence-corrected chi connectivity index (χ1v) is 8.90. The zero-order valence-corrected chi connectivity index (χ0v) is 14.9. The van der Waals surface area contributed by atoms with Crippen LogP contribution in [0, 0.1) is 0 Å². The highest BCUT2D eigenvalue weighted by Crippen LogP contribution is 2.29. The Morgan fingerprint density at radius 3 is 2.21 bits per heavy atom. The van der Waals surface area contributed by atoms with Gasteiger partial charge in [0.1, 0.15) is 6.04 Å². The number of rotatable bonds is 6. The summed E-state index contributed by atoms with van der Waals surface area (Å²) in [5.74, 6) is -0.283. The molecule has 1 atom stereocenters. The van der Waals surface area contributed by atoms with Crippen LogP contribution in [0.25, 0.3) is 0 Å². The Bertz CT molecular complexity index is 819. The van der Waals surface area contributed by atoms with Crippen LogP contribution in [0.5, 0.6) is 0 Å². The van der Waals surface area contributed by atoms with Crippen molar-refractivity contribution in [3.05, 3.63) is 65.7 Å². The van der Waals surface area contributed by atoms with E-state index in [4.69, 9.17) is 0 Å². The van der Waals surface area contributed by atoms with Crippen LogP contribution in [-0.4, -0.2) is 24.0 Å². The Kier molecular flexibility index (Phi) is 5.87. The molecule has 5 nitrogen and oxygen atoms in total. The highest BCUT2D eigenvalue weighted by Gasteiger charge is 2.30. The quantitative estimate of drug-likeness (QED) is 0.703. The molecule has 3 amide bonds. The number of halogens is 3. The first kappa shape index (κ1) is 19.7. The zero-order chi connectivity index (χ0) is 20.1. The first-order chi connectivity index (χ1) is 13.3. The first-order valence-electron chi connectivity index (χ1n) is 8.90. The van der Waals surface area contributed by atoms with Gasteiger partial charge >= 0.3 is 12.2 Å². The molecule has 148 valence electrons. The number of hydrogen-bond donors (Lipinski definition) is 3. The van der Waals surface area contributed by atoms with Crippen molar-refractivity contribution in [3.8, 4) is 0 Å². The topological polar surface area (TPSA) is 70.2 Å². The molecule has 0 spiro atoms. The molecule has 0 aromatic heterocycles. The number of carbonyl (C=O) groups excluding carboxylic acids is 2. The van der Waals surface area contributed by atoms with Gasteiger partial charge < -0.3 is 16.0 Å². The van der Waals surface area contributed by atoms with Gasteiger partial charge in [0.2, 0.25) is 5.91 Å². The largest absolute Gasteiger partial charge is 0.416 e. The molecule has 1 saturated carbocycles. The number of anilines is 1. The van der Waals surface area contributed by atoms with Crippen LogP contribution in [0.15, 0.2) is 54.6 Å². The monoisotopic (exact) mass is 391 g/mol. The minimum absolute atomic E-state index is 0.144. The number of hydrogen-bond acceptors (Lipinski definition) is 2. The van der Waals surface area contributed by atoms with Crippen molar-refractivity contribution < 1.29 is 22.8 Å². The van der Waals surface area contributed by atoms with Gasteiger partial charge in [0, 0.05) is 18.2 Å². The Balaban J connectivity index is 1.63. The molecule has 0 saturated heterocycles. The summed E-state index contributed by atoms with van der Waals surface area (Å²) >= 11 is 0. The maximum Gasteiger partial charge on any atom is 0.416 e. The number of nitrogens with one attached hydrogen (secondary N) is 3. The molecule has 8 heteroatoms. The van der Waals surface area contributed by atoms with Crippen molar-refractivity contribution in [2.24, 2.45) is 0 Å². The average Bonchev–Trinajstić information content (AvgIpc) is 3.45. The smallest absolute Gasteiger partial charge is 0.352 e. The number of urea groups is 1. The lowest BCUT2D eigenvalue weighted by Gasteiger charge is -2.19. The van der Waals surface area contributed by atoms with E-state index >= 15 is 0 Å². The van der Waals surface area contributed by atoms with Gasteiger partial charge in [-0.05, 0) is 42.7 Å². The molecule has 0 bridgehead atoms. The number of benzene rings is 2. The summed E-state index contributed by atoms with van der Waals surface area (Å²) in [7, 11) is 0. The van der Waals surface area contributed by atoms with Gasteiger partial charge in [-0.1, -0.05) is 30.3 Å². The molecule has 2 aromatic carbocycles. The third kappa shape index (κ3) is 5.73. The fourth-order valence-electron chi connectivity index (χ4n) is 2.66. The second-order valence-electron chi connectivity index (χ2n) is 6.70. The predicted molar refractivity (Wildman–Crippen MR) is 98.7 cm³/mol. The maximum atomic E-state index is 12.6. The molecule has 3 rings (SSSR count). The van der Waals surface area contributed by atoms with Gasteiger partial charge in [0.05, 0.1) is 5.56 Å². The average molecular weight is 391 g/mol. The fourth-order valence-corrected chi connectivity index (χ4v) is 2.66. The molecular formula is C20H20F3N3O2. The van der Waals surface area contributed by atoms with Crippen LogP contribution in [-0.2, 0) is 17.4 Å². The summed E-state index contributed by atoms with van der Waals surface area (Å²) in [6.45, 7) is 0. The van der Waals surface area contributed by atoms with E-state index in [9.17, 15) is 22.8 Å². The SMILES string of the molecule is O=C(Nc1ccc(C(F)(F)F)cc1)NC(Cc1ccccc1)C(=O)NC1CC1. The Morgan fingerprint density at radius 2 is 1.64 bits per heavy atom. The van der Waals surface area contributed by atoms with Crippen molar-refractivity contribution in [2.45, 2.75) is 37.5 Å². The molecular weight excluding hydrogens is 371 g/mol. The summed E-state index contributed by atoms with van der Waals surface area (Å²) in [5.41, 5.74) is 0.282. The van der Waals surface area contributed by atoms with Crippen molar-refractivity contribution in [3.63, 3.8) is 0 Å². The van der Waals surface area contributed by atoms with Crippen LogP contribution in [0.4, 0.5) is 23.7 Å². The molecule has 0 aliphatic heterocycles. The third-order valence-corrected chi connectivity index (χ3v) is 4.30. The second kappa shape index (κ2) is 8.33. The molecule has 28 heavy (non-hydrogen) atoms. The molecule has 2 aromatic rings. The van der Waals surface area contributed by atoms with Gasteiger partial charge in [0.15, 0.2) is 0 Å². The second-order valence-corrected chi connectivity index (χ2v) is 6.70. The van der Waals surface area contributed by atoms with Gasteiger partial charge in [0.25, 0.3) is 0 Å². The van der Waals surface area contributed by atoms with Gasteiger partial charge in [-0.15, -0.1) is 0 Å². The van der Waals surface area contributed by atoms with Gasteiger partial charge in [-0.2, -0.15) is 13.2 Å². The van der Waals surface area contributed by atoms with Crippen LogP contribution in [0.2, 0.25) is 0 Å². The normalized spacial score (nSPS) is 14.8. The Hall–Kier alpha value is -3.03. The van der Waals surface area contributed by atoms with E-state index in [1.807, 2.05) is 30.3 Å². The third-order valence-electron chi connectivity index (χ3n) is 4.30. The van der Waals surface area contributed by atoms with Crippen LogP contribution in [0.3, 0.4) is 0 Å². The van der Waals surface area contributed by atoms with E-state index < -0.39 is 23.8 Å². The van der Waals surface area contributed by atoms with Crippen LogP contribution in [0.1, 0.15) is 24.0 Å². The highest BCUT2D eigenvalue weighted by molar-refractivity contribution is 5.94. The molecule has 1 fully saturated rings. The summed E-state index contributed by atoms with van der Waals surface area (Å²) < 4.78 is 37.8. The zero-order valence-electron chi connectivity index (χ0n) is 14.9. The molecule has 1 aliphatic carbocycles. The lowest BCUT2D eigenvalue weighted by Crippen LogP contribution is -2.49. The lowest BCUT2D eigenvalue weighted by atomic mass is 10.1. The molecule has 0 heterocycles. The minimum atomic E-state index is -4.44. The molecule has 1 unspecified atom stereocenters. The van der Waals surface area contributed by atoms with E-state index in [-0.39, 0.29) is 17.6 Å². The Morgan fingerprint density at radius 1 is 1.00 bits per heavy atom. The van der Waals surface area contributed by atoms with E-state index in [1.165, 1.54) is 12.1 Å². The molecule has 1 aliphatic rings. The van der Waals surface area contributed by atoms with E-state index in [1.54, 1.807) is 0 Å². The summed E-state index contributed by atoms with van der Waals surface area (Å²) in [6.07, 6.45) is -2.30. The van der Waals surface area contributed by atoms with Crippen LogP contribution >= 0.6 is 0 Å². The van der Waals surface area contributed by atoms with Crippen molar-refractivity contribution >= 4 is 17.6 Å². The molecule has 3 N–H and O–H groups in total. The number of amides is 3. The fraction of sp³-hybridized carbons (Fsp3) is 0.300. The summed E-state index contributed by atoms with van der Waals surface area (Å²) in [4.78, 5) is 24.7. The number of alkyl halides is 3. The molecule has 0 radical (unpaired) electrons. The van der Waals surface area contributed by atoms with Crippen molar-refractivity contribution in [2.75, 3.05) is 5.32 Å². The summed E-state index contributed by atoms with van der Waals surface area (Å²) in [5, 5.41) is 7.93. The van der Waals surface area contributed by atoms with E-state index in [0.717, 1.165) is 30.5 Å². The highest BCUT2D eigenvalue weighted by atomic mass is 19.4. The van der Waals surface area contributed by atoms with Gasteiger partial charge in [-0.25, -0.2) is 4.79 Å². The lowest BCUT2D eigenvalue weighted by molar-refractivity contribution is -0.137. The Labute approximate surface area is 160 Å². The van der Waals surface area contributed by atoms with E-state index in [2.05, 4.69) is 16.0 Å². The van der Waals surface area contributed by atoms with Gasteiger partial charge in [-0.3, -0.25) is 4.79 Å². The minimum Gasteiger partial charge on any atom is -0.352 e.